The number of hydrogen-bond donors (Lipinski definition) is 1. The molecule has 0 bridgehead atoms. The third kappa shape index (κ3) is 4.46. The summed E-state index contributed by atoms with van der Waals surface area (Å²) < 4.78 is 0. The standard InChI is InChI=1S/C12H23N3O2.ClH/c1-9(2)11(13)12(17)15-6-4-5-14(7-8-15)10(3)16;/h9,11H,4-8,13H2,1-3H3;1H/t11-;/m0./s1. The van der Waals surface area contributed by atoms with Gasteiger partial charge in [0.2, 0.25) is 11.8 Å². The molecule has 106 valence electrons. The second-order valence-corrected chi connectivity index (χ2v) is 4.95. The maximum atomic E-state index is 12.1. The fourth-order valence-electron chi connectivity index (χ4n) is 1.95. The van der Waals surface area contributed by atoms with E-state index in [-0.39, 0.29) is 30.1 Å². The van der Waals surface area contributed by atoms with Crippen molar-refractivity contribution in [3.8, 4) is 0 Å². The van der Waals surface area contributed by atoms with Crippen LogP contribution in [-0.4, -0.2) is 53.8 Å². The van der Waals surface area contributed by atoms with Crippen LogP contribution in [-0.2, 0) is 9.59 Å². The Labute approximate surface area is 115 Å². The van der Waals surface area contributed by atoms with Gasteiger partial charge in [0.15, 0.2) is 0 Å². The second kappa shape index (κ2) is 7.59. The highest BCUT2D eigenvalue weighted by molar-refractivity contribution is 5.85. The molecule has 0 radical (unpaired) electrons. The Morgan fingerprint density at radius 2 is 1.56 bits per heavy atom. The Morgan fingerprint density at radius 3 is 2.06 bits per heavy atom. The van der Waals surface area contributed by atoms with Crippen LogP contribution in [0.4, 0.5) is 0 Å². The van der Waals surface area contributed by atoms with Crippen molar-refractivity contribution in [2.24, 2.45) is 11.7 Å². The van der Waals surface area contributed by atoms with E-state index in [2.05, 4.69) is 0 Å². The maximum Gasteiger partial charge on any atom is 0.239 e. The number of nitrogens with two attached hydrogens (primary N) is 1. The normalized spacial score (nSPS) is 18.1. The molecular formula is C12H24ClN3O2. The molecule has 1 aliphatic rings. The Hall–Kier alpha value is -0.810. The molecular weight excluding hydrogens is 254 g/mol. The number of nitrogens with zero attached hydrogens (tertiary/aromatic N) is 2. The van der Waals surface area contributed by atoms with Crippen molar-refractivity contribution in [1.29, 1.82) is 0 Å². The zero-order valence-electron chi connectivity index (χ0n) is 11.4. The van der Waals surface area contributed by atoms with E-state index in [1.807, 2.05) is 13.8 Å². The summed E-state index contributed by atoms with van der Waals surface area (Å²) in [6.45, 7) is 8.10. The van der Waals surface area contributed by atoms with E-state index in [1.54, 1.807) is 16.7 Å². The molecule has 1 atom stereocenters. The van der Waals surface area contributed by atoms with E-state index in [0.717, 1.165) is 13.0 Å². The van der Waals surface area contributed by atoms with Gasteiger partial charge in [-0.15, -0.1) is 12.4 Å². The first-order valence-electron chi connectivity index (χ1n) is 6.23. The van der Waals surface area contributed by atoms with Crippen molar-refractivity contribution < 1.29 is 9.59 Å². The smallest absolute Gasteiger partial charge is 0.239 e. The molecule has 1 fully saturated rings. The van der Waals surface area contributed by atoms with Crippen LogP contribution in [0.25, 0.3) is 0 Å². The predicted octanol–water partition coefficient (Wildman–Crippen LogP) is 0.472. The maximum absolute atomic E-state index is 12.1. The fourth-order valence-corrected chi connectivity index (χ4v) is 1.95. The van der Waals surface area contributed by atoms with Gasteiger partial charge in [0.25, 0.3) is 0 Å². The van der Waals surface area contributed by atoms with Crippen LogP contribution < -0.4 is 5.73 Å². The van der Waals surface area contributed by atoms with Crippen LogP contribution in [0.15, 0.2) is 0 Å². The lowest BCUT2D eigenvalue weighted by molar-refractivity contribution is -0.134. The Balaban J connectivity index is 0.00000289. The fraction of sp³-hybridized carbons (Fsp3) is 0.833. The molecule has 18 heavy (non-hydrogen) atoms. The van der Waals surface area contributed by atoms with Crippen LogP contribution in [0.3, 0.4) is 0 Å². The number of carbonyl (C=O) groups is 2. The minimum atomic E-state index is -0.432. The van der Waals surface area contributed by atoms with Gasteiger partial charge in [0, 0.05) is 33.1 Å². The third-order valence-electron chi connectivity index (χ3n) is 3.26. The van der Waals surface area contributed by atoms with Gasteiger partial charge in [-0.05, 0) is 12.3 Å². The molecule has 1 saturated heterocycles. The lowest BCUT2D eigenvalue weighted by Gasteiger charge is -2.26. The summed E-state index contributed by atoms with van der Waals surface area (Å²) in [4.78, 5) is 26.9. The van der Waals surface area contributed by atoms with Crippen LogP contribution in [0.5, 0.6) is 0 Å². The zero-order valence-corrected chi connectivity index (χ0v) is 12.2. The summed E-state index contributed by atoms with van der Waals surface area (Å²) in [6.07, 6.45) is 0.829. The van der Waals surface area contributed by atoms with Crippen LogP contribution in [0.2, 0.25) is 0 Å². The predicted molar refractivity (Wildman–Crippen MR) is 73.5 cm³/mol. The van der Waals surface area contributed by atoms with Gasteiger partial charge < -0.3 is 15.5 Å². The molecule has 1 heterocycles. The van der Waals surface area contributed by atoms with Crippen molar-refractivity contribution in [2.45, 2.75) is 33.2 Å². The molecule has 0 unspecified atom stereocenters. The first kappa shape index (κ1) is 17.2. The first-order chi connectivity index (χ1) is 7.93. The van der Waals surface area contributed by atoms with E-state index in [9.17, 15) is 9.59 Å². The summed E-state index contributed by atoms with van der Waals surface area (Å²) in [5.41, 5.74) is 5.86. The van der Waals surface area contributed by atoms with E-state index in [1.165, 1.54) is 0 Å². The Kier molecular flexibility index (Phi) is 7.25. The lowest BCUT2D eigenvalue weighted by Crippen LogP contribution is -2.47. The van der Waals surface area contributed by atoms with E-state index < -0.39 is 6.04 Å². The summed E-state index contributed by atoms with van der Waals surface area (Å²) in [5, 5.41) is 0. The highest BCUT2D eigenvalue weighted by Gasteiger charge is 2.25. The molecule has 0 aromatic carbocycles. The molecule has 5 nitrogen and oxygen atoms in total. The average molecular weight is 278 g/mol. The molecule has 0 aromatic heterocycles. The van der Waals surface area contributed by atoms with Crippen molar-refractivity contribution in [3.05, 3.63) is 0 Å². The molecule has 0 saturated carbocycles. The number of carbonyl (C=O) groups excluding carboxylic acids is 2. The van der Waals surface area contributed by atoms with E-state index in [0.29, 0.717) is 19.6 Å². The van der Waals surface area contributed by atoms with Gasteiger partial charge in [-0.2, -0.15) is 0 Å². The zero-order chi connectivity index (χ0) is 13.0. The average Bonchev–Trinajstić information content (AvgIpc) is 2.52. The SMILES string of the molecule is CC(=O)N1CCCN(C(=O)[C@@H](N)C(C)C)CC1.Cl. The molecule has 6 heteroatoms. The molecule has 2 amide bonds. The Morgan fingerprint density at radius 1 is 1.06 bits per heavy atom. The largest absolute Gasteiger partial charge is 0.341 e. The second-order valence-electron chi connectivity index (χ2n) is 4.95. The van der Waals surface area contributed by atoms with Gasteiger partial charge >= 0.3 is 0 Å². The topological polar surface area (TPSA) is 66.6 Å². The molecule has 0 aliphatic carbocycles. The summed E-state index contributed by atoms with van der Waals surface area (Å²) in [5.74, 6) is 0.229. The van der Waals surface area contributed by atoms with Gasteiger partial charge in [-0.25, -0.2) is 0 Å². The van der Waals surface area contributed by atoms with E-state index in [4.69, 9.17) is 5.73 Å². The van der Waals surface area contributed by atoms with Gasteiger partial charge in [0.1, 0.15) is 0 Å². The van der Waals surface area contributed by atoms with E-state index >= 15 is 0 Å². The van der Waals surface area contributed by atoms with Crippen LogP contribution in [0.1, 0.15) is 27.2 Å². The minimum Gasteiger partial charge on any atom is -0.341 e. The summed E-state index contributed by atoms with van der Waals surface area (Å²) in [7, 11) is 0. The summed E-state index contributed by atoms with van der Waals surface area (Å²) in [6, 6.07) is -0.432. The van der Waals surface area contributed by atoms with Gasteiger partial charge in [0.05, 0.1) is 6.04 Å². The molecule has 0 spiro atoms. The number of rotatable bonds is 2. The van der Waals surface area contributed by atoms with Crippen molar-refractivity contribution in [2.75, 3.05) is 26.2 Å². The van der Waals surface area contributed by atoms with Crippen molar-refractivity contribution >= 4 is 24.2 Å². The number of halogens is 1. The van der Waals surface area contributed by atoms with Crippen molar-refractivity contribution in [3.63, 3.8) is 0 Å². The number of amides is 2. The monoisotopic (exact) mass is 277 g/mol. The highest BCUT2D eigenvalue weighted by Crippen LogP contribution is 2.08. The van der Waals surface area contributed by atoms with Crippen LogP contribution >= 0.6 is 12.4 Å². The highest BCUT2D eigenvalue weighted by atomic mass is 35.5. The van der Waals surface area contributed by atoms with Gasteiger partial charge in [-0.1, -0.05) is 13.8 Å². The molecule has 1 aliphatic heterocycles. The van der Waals surface area contributed by atoms with Gasteiger partial charge in [-0.3, -0.25) is 9.59 Å². The molecule has 1 rings (SSSR count). The number of hydrogen-bond acceptors (Lipinski definition) is 3. The quantitative estimate of drug-likeness (QED) is 0.798. The van der Waals surface area contributed by atoms with Crippen molar-refractivity contribution in [1.82, 2.24) is 9.80 Å². The molecule has 0 aromatic rings. The minimum absolute atomic E-state index is 0. The first-order valence-corrected chi connectivity index (χ1v) is 6.23. The molecule has 2 N–H and O–H groups in total. The third-order valence-corrected chi connectivity index (χ3v) is 3.26. The van der Waals surface area contributed by atoms with Crippen LogP contribution in [0, 0.1) is 5.92 Å². The lowest BCUT2D eigenvalue weighted by atomic mass is 10.0. The Bertz CT molecular complexity index is 297. The summed E-state index contributed by atoms with van der Waals surface area (Å²) >= 11 is 0.